The monoisotopic (exact) mass is 276 g/mol. The quantitative estimate of drug-likeness (QED) is 0.713. The highest BCUT2D eigenvalue weighted by atomic mass is 32.1. The van der Waals surface area contributed by atoms with E-state index in [1.165, 1.54) is 0 Å². The van der Waals surface area contributed by atoms with Crippen LogP contribution < -0.4 is 15.2 Å². The SMILES string of the molecule is C/C=c1/c(=O)c2ccccc2s/c1=C/C.CC.CC. The summed E-state index contributed by atoms with van der Waals surface area (Å²) in [7, 11) is 0. The van der Waals surface area contributed by atoms with Gasteiger partial charge in [0.2, 0.25) is 0 Å². The van der Waals surface area contributed by atoms with Crippen LogP contribution in [0.1, 0.15) is 41.5 Å². The van der Waals surface area contributed by atoms with E-state index in [-0.39, 0.29) is 5.43 Å². The third-order valence-electron chi connectivity index (χ3n) is 2.41. The minimum absolute atomic E-state index is 0.139. The first-order valence-corrected chi connectivity index (χ1v) is 7.74. The van der Waals surface area contributed by atoms with Crippen LogP contribution in [0.2, 0.25) is 0 Å². The molecule has 1 nitrogen and oxygen atoms in total. The first-order chi connectivity index (χ1) is 9.27. The summed E-state index contributed by atoms with van der Waals surface area (Å²) < 4.78 is 2.11. The minimum atomic E-state index is 0.139. The maximum absolute atomic E-state index is 12.1. The predicted octanol–water partition coefficient (Wildman–Crippen LogP) is 3.91. The van der Waals surface area contributed by atoms with Gasteiger partial charge < -0.3 is 0 Å². The van der Waals surface area contributed by atoms with Crippen molar-refractivity contribution >= 4 is 33.6 Å². The van der Waals surface area contributed by atoms with Gasteiger partial charge in [0, 0.05) is 19.8 Å². The van der Waals surface area contributed by atoms with Crippen LogP contribution in [0, 0.1) is 0 Å². The van der Waals surface area contributed by atoms with E-state index in [0.29, 0.717) is 0 Å². The van der Waals surface area contributed by atoms with Crippen molar-refractivity contribution in [1.29, 1.82) is 0 Å². The highest BCUT2D eigenvalue weighted by molar-refractivity contribution is 7.16. The molecule has 0 aliphatic heterocycles. The zero-order valence-corrected chi connectivity index (χ0v) is 13.6. The zero-order chi connectivity index (χ0) is 14.8. The van der Waals surface area contributed by atoms with Gasteiger partial charge in [-0.1, -0.05) is 52.0 Å². The molecule has 0 spiro atoms. The van der Waals surface area contributed by atoms with Crippen molar-refractivity contribution in [3.05, 3.63) is 44.2 Å². The van der Waals surface area contributed by atoms with Crippen LogP contribution in [0.5, 0.6) is 0 Å². The van der Waals surface area contributed by atoms with Gasteiger partial charge in [-0.3, -0.25) is 4.79 Å². The molecular formula is C17H24OS. The lowest BCUT2D eigenvalue weighted by Crippen LogP contribution is -2.36. The average molecular weight is 276 g/mol. The summed E-state index contributed by atoms with van der Waals surface area (Å²) in [6, 6.07) is 7.76. The van der Waals surface area contributed by atoms with E-state index in [0.717, 1.165) is 19.8 Å². The van der Waals surface area contributed by atoms with E-state index in [1.807, 2.05) is 78.0 Å². The molecule has 0 fully saturated rings. The first kappa shape index (κ1) is 17.6. The number of benzene rings is 1. The Morgan fingerprint density at radius 2 is 1.53 bits per heavy atom. The van der Waals surface area contributed by atoms with Crippen LogP contribution in [0.15, 0.2) is 29.1 Å². The van der Waals surface area contributed by atoms with Crippen LogP contribution in [0.4, 0.5) is 0 Å². The fourth-order valence-electron chi connectivity index (χ4n) is 1.66. The molecule has 0 aliphatic rings. The van der Waals surface area contributed by atoms with Gasteiger partial charge in [-0.05, 0) is 26.0 Å². The van der Waals surface area contributed by atoms with E-state index >= 15 is 0 Å². The summed E-state index contributed by atoms with van der Waals surface area (Å²) in [5.74, 6) is 0. The molecular weight excluding hydrogens is 252 g/mol. The molecule has 0 N–H and O–H groups in total. The van der Waals surface area contributed by atoms with Gasteiger partial charge in [-0.25, -0.2) is 0 Å². The normalized spacial score (nSPS) is 11.5. The Labute approximate surface area is 119 Å². The summed E-state index contributed by atoms with van der Waals surface area (Å²) >= 11 is 1.67. The second-order valence-electron chi connectivity index (χ2n) is 3.28. The Balaban J connectivity index is 0.000000741. The molecule has 0 radical (unpaired) electrons. The van der Waals surface area contributed by atoms with Gasteiger partial charge in [-0.2, -0.15) is 0 Å². The van der Waals surface area contributed by atoms with Gasteiger partial charge in [0.05, 0.1) is 0 Å². The molecule has 104 valence electrons. The molecule has 0 saturated heterocycles. The van der Waals surface area contributed by atoms with E-state index in [2.05, 4.69) is 0 Å². The van der Waals surface area contributed by atoms with Gasteiger partial charge in [0.1, 0.15) is 0 Å². The van der Waals surface area contributed by atoms with Gasteiger partial charge in [0.25, 0.3) is 0 Å². The number of rotatable bonds is 0. The summed E-state index contributed by atoms with van der Waals surface area (Å²) in [4.78, 5) is 12.1. The largest absolute Gasteiger partial charge is 0.289 e. The molecule has 19 heavy (non-hydrogen) atoms. The molecule has 0 aliphatic carbocycles. The summed E-state index contributed by atoms with van der Waals surface area (Å²) in [5, 5.41) is 1.64. The Morgan fingerprint density at radius 1 is 0.947 bits per heavy atom. The molecule has 0 atom stereocenters. The summed E-state index contributed by atoms with van der Waals surface area (Å²) in [6.45, 7) is 11.9. The second-order valence-corrected chi connectivity index (χ2v) is 4.37. The fraction of sp³-hybridized carbons (Fsp3) is 0.353. The molecule has 1 aromatic carbocycles. The highest BCUT2D eigenvalue weighted by Gasteiger charge is 2.00. The van der Waals surface area contributed by atoms with E-state index in [9.17, 15) is 4.79 Å². The Bertz CT molecular complexity index is 666. The number of hydrogen-bond acceptors (Lipinski definition) is 2. The van der Waals surface area contributed by atoms with Crippen LogP contribution in [-0.2, 0) is 0 Å². The first-order valence-electron chi connectivity index (χ1n) is 6.92. The van der Waals surface area contributed by atoms with E-state index in [1.54, 1.807) is 11.3 Å². The van der Waals surface area contributed by atoms with E-state index < -0.39 is 0 Å². The molecule has 0 unspecified atom stereocenters. The fourth-order valence-corrected chi connectivity index (χ4v) is 2.75. The second kappa shape index (κ2) is 9.51. The van der Waals surface area contributed by atoms with Crippen molar-refractivity contribution in [2.24, 2.45) is 0 Å². The van der Waals surface area contributed by atoms with Crippen LogP contribution in [0.25, 0.3) is 22.2 Å². The topological polar surface area (TPSA) is 17.1 Å². The van der Waals surface area contributed by atoms with Gasteiger partial charge >= 0.3 is 0 Å². The van der Waals surface area contributed by atoms with Gasteiger partial charge in [0.15, 0.2) is 5.43 Å². The highest BCUT2D eigenvalue weighted by Crippen LogP contribution is 2.09. The lowest BCUT2D eigenvalue weighted by Gasteiger charge is -1.95. The van der Waals surface area contributed by atoms with Crippen molar-refractivity contribution in [1.82, 2.24) is 0 Å². The smallest absolute Gasteiger partial charge is 0.195 e. The van der Waals surface area contributed by atoms with Crippen molar-refractivity contribution < 1.29 is 0 Å². The van der Waals surface area contributed by atoms with Crippen LogP contribution in [0.3, 0.4) is 0 Å². The Hall–Kier alpha value is -1.41. The van der Waals surface area contributed by atoms with Crippen molar-refractivity contribution in [3.63, 3.8) is 0 Å². The molecule has 1 heterocycles. The average Bonchev–Trinajstić information content (AvgIpc) is 2.51. The third-order valence-corrected chi connectivity index (χ3v) is 3.66. The third kappa shape index (κ3) is 4.03. The summed E-state index contributed by atoms with van der Waals surface area (Å²) in [6.07, 6.45) is 3.88. The van der Waals surface area contributed by atoms with Crippen molar-refractivity contribution in [2.75, 3.05) is 0 Å². The lowest BCUT2D eigenvalue weighted by atomic mass is 10.2. The Morgan fingerprint density at radius 3 is 2.05 bits per heavy atom. The zero-order valence-electron chi connectivity index (χ0n) is 12.8. The minimum Gasteiger partial charge on any atom is -0.289 e. The van der Waals surface area contributed by atoms with Crippen LogP contribution >= 0.6 is 11.3 Å². The van der Waals surface area contributed by atoms with E-state index in [4.69, 9.17) is 0 Å². The van der Waals surface area contributed by atoms with Gasteiger partial charge in [-0.15, -0.1) is 11.3 Å². The maximum Gasteiger partial charge on any atom is 0.195 e. The molecule has 0 bridgehead atoms. The molecule has 2 rings (SSSR count). The van der Waals surface area contributed by atoms with Crippen molar-refractivity contribution in [2.45, 2.75) is 41.5 Å². The van der Waals surface area contributed by atoms with Crippen LogP contribution in [-0.4, -0.2) is 0 Å². The van der Waals surface area contributed by atoms with Crippen molar-refractivity contribution in [3.8, 4) is 0 Å². The number of hydrogen-bond donors (Lipinski definition) is 0. The Kier molecular flexibility index (Phi) is 8.81. The standard InChI is InChI=1S/C13H12OS.2C2H6/c1-3-9-11(4-2)15-12-8-6-5-7-10(12)13(9)14;2*1-2/h3-8H,1-2H3;2*1-2H3/b9-3+,11-4+;;. The number of fused-ring (bicyclic) bond motifs is 1. The summed E-state index contributed by atoms with van der Waals surface area (Å²) in [5.41, 5.74) is 0.139. The molecule has 1 aromatic heterocycles. The molecule has 0 amide bonds. The lowest BCUT2D eigenvalue weighted by molar-refractivity contribution is 1.50. The molecule has 0 saturated carbocycles. The maximum atomic E-state index is 12.1. The molecule has 2 aromatic rings. The molecule has 2 heteroatoms. The predicted molar refractivity (Wildman–Crippen MR) is 90.3 cm³/mol.